The number of methoxy groups -OCH3 is 3. The van der Waals surface area contributed by atoms with Crippen LogP contribution in [0.1, 0.15) is 16.8 Å². The Labute approximate surface area is 195 Å². The molecule has 0 radical (unpaired) electrons. The molecule has 1 aliphatic heterocycles. The van der Waals surface area contributed by atoms with Gasteiger partial charge in [-0.1, -0.05) is 18.2 Å². The molecule has 2 aromatic rings. The molecule has 11 nitrogen and oxygen atoms in total. The molecule has 0 aromatic heterocycles. The highest BCUT2D eigenvalue weighted by Crippen LogP contribution is 2.28. The second-order valence-electron chi connectivity index (χ2n) is 7.24. The van der Waals surface area contributed by atoms with Crippen molar-refractivity contribution in [1.82, 2.24) is 10.4 Å². The molecule has 0 saturated carbocycles. The summed E-state index contributed by atoms with van der Waals surface area (Å²) in [5.41, 5.74) is 3.02. The molecule has 1 saturated heterocycles. The van der Waals surface area contributed by atoms with E-state index in [0.717, 1.165) is 5.01 Å². The predicted octanol–water partition coefficient (Wildman–Crippen LogP) is 1.39. The highest BCUT2D eigenvalue weighted by Gasteiger charge is 2.37. The zero-order valence-corrected chi connectivity index (χ0v) is 19.0. The molecule has 0 aliphatic carbocycles. The van der Waals surface area contributed by atoms with Crippen LogP contribution in [0.15, 0.2) is 42.5 Å². The summed E-state index contributed by atoms with van der Waals surface area (Å²) in [6.07, 6.45) is -0.170. The van der Waals surface area contributed by atoms with E-state index in [1.807, 2.05) is 0 Å². The number of benzene rings is 2. The van der Waals surface area contributed by atoms with Crippen LogP contribution in [-0.2, 0) is 19.1 Å². The second-order valence-corrected chi connectivity index (χ2v) is 7.24. The number of carbonyl (C=O) groups excluding carboxylic acids is 4. The molecule has 2 aromatic carbocycles. The van der Waals surface area contributed by atoms with Gasteiger partial charge < -0.3 is 24.3 Å². The summed E-state index contributed by atoms with van der Waals surface area (Å²) in [5, 5.41) is 3.63. The molecule has 0 unspecified atom stereocenters. The number of para-hydroxylation sites is 2. The average Bonchev–Trinajstić information content (AvgIpc) is 3.22. The summed E-state index contributed by atoms with van der Waals surface area (Å²) in [5.74, 6) is -2.24. The van der Waals surface area contributed by atoms with Crippen LogP contribution in [0.25, 0.3) is 0 Å². The Bertz CT molecular complexity index is 1070. The van der Waals surface area contributed by atoms with E-state index < -0.39 is 36.2 Å². The first-order chi connectivity index (χ1) is 16.4. The van der Waals surface area contributed by atoms with Crippen LogP contribution < -0.4 is 25.0 Å². The number of esters is 1. The van der Waals surface area contributed by atoms with Gasteiger partial charge >= 0.3 is 5.97 Å². The quantitative estimate of drug-likeness (QED) is 0.525. The summed E-state index contributed by atoms with van der Waals surface area (Å²) in [6, 6.07) is 11.6. The first kappa shape index (κ1) is 24.4. The normalized spacial score (nSPS) is 14.9. The summed E-state index contributed by atoms with van der Waals surface area (Å²) in [7, 11) is 4.28. The number of ether oxygens (including phenoxy) is 4. The van der Waals surface area contributed by atoms with E-state index in [9.17, 15) is 19.2 Å². The molecule has 0 bridgehead atoms. The first-order valence-electron chi connectivity index (χ1n) is 10.3. The Morgan fingerprint density at radius 2 is 1.56 bits per heavy atom. The van der Waals surface area contributed by atoms with Crippen molar-refractivity contribution in [2.75, 3.05) is 39.8 Å². The summed E-state index contributed by atoms with van der Waals surface area (Å²) >= 11 is 0. The van der Waals surface area contributed by atoms with Crippen LogP contribution in [0.4, 0.5) is 5.69 Å². The minimum atomic E-state index is -0.841. The van der Waals surface area contributed by atoms with E-state index in [-0.39, 0.29) is 30.0 Å². The molecule has 1 heterocycles. The molecule has 3 rings (SSSR count). The zero-order chi connectivity index (χ0) is 24.7. The van der Waals surface area contributed by atoms with Crippen LogP contribution in [0.2, 0.25) is 0 Å². The number of hydrogen-bond donors (Lipinski definition) is 2. The van der Waals surface area contributed by atoms with Crippen LogP contribution in [-0.4, -0.2) is 63.2 Å². The van der Waals surface area contributed by atoms with E-state index in [2.05, 4.69) is 10.7 Å². The largest absolute Gasteiger partial charge is 0.496 e. The van der Waals surface area contributed by atoms with E-state index >= 15 is 0 Å². The topological polar surface area (TPSA) is 132 Å². The van der Waals surface area contributed by atoms with Crippen molar-refractivity contribution in [3.8, 4) is 17.2 Å². The van der Waals surface area contributed by atoms with Gasteiger partial charge in [-0.05, 0) is 24.3 Å². The Kier molecular flexibility index (Phi) is 7.91. The maximum Gasteiger partial charge on any atom is 0.311 e. The fourth-order valence-electron chi connectivity index (χ4n) is 3.42. The minimum absolute atomic E-state index is 0.102. The van der Waals surface area contributed by atoms with Crippen LogP contribution >= 0.6 is 0 Å². The van der Waals surface area contributed by atoms with Crippen molar-refractivity contribution in [1.29, 1.82) is 0 Å². The van der Waals surface area contributed by atoms with Gasteiger partial charge in [0.2, 0.25) is 5.91 Å². The monoisotopic (exact) mass is 471 g/mol. The number of amides is 3. The fraction of sp³-hybridized carbons (Fsp3) is 0.304. The number of rotatable bonds is 9. The molecule has 34 heavy (non-hydrogen) atoms. The van der Waals surface area contributed by atoms with E-state index in [4.69, 9.17) is 18.9 Å². The highest BCUT2D eigenvalue weighted by atomic mass is 16.5. The Morgan fingerprint density at radius 3 is 2.21 bits per heavy atom. The minimum Gasteiger partial charge on any atom is -0.496 e. The van der Waals surface area contributed by atoms with Crippen molar-refractivity contribution in [2.24, 2.45) is 5.92 Å². The van der Waals surface area contributed by atoms with Crippen molar-refractivity contribution in [3.05, 3.63) is 48.0 Å². The highest BCUT2D eigenvalue weighted by molar-refractivity contribution is 6.01. The van der Waals surface area contributed by atoms with Gasteiger partial charge in [-0.3, -0.25) is 29.6 Å². The van der Waals surface area contributed by atoms with E-state index in [0.29, 0.717) is 11.4 Å². The number of carbonyl (C=O) groups is 4. The average molecular weight is 471 g/mol. The first-order valence-corrected chi connectivity index (χ1v) is 10.3. The van der Waals surface area contributed by atoms with Crippen LogP contribution in [0.5, 0.6) is 17.2 Å². The molecule has 1 aliphatic rings. The lowest BCUT2D eigenvalue weighted by molar-refractivity contribution is -0.151. The Hall–Kier alpha value is -4.28. The number of hydrazine groups is 1. The zero-order valence-electron chi connectivity index (χ0n) is 19.0. The van der Waals surface area contributed by atoms with Crippen molar-refractivity contribution < 1.29 is 38.1 Å². The molecule has 1 atom stereocenters. The van der Waals surface area contributed by atoms with Gasteiger partial charge in [0, 0.05) is 6.42 Å². The van der Waals surface area contributed by atoms with Gasteiger partial charge in [0.1, 0.15) is 22.8 Å². The van der Waals surface area contributed by atoms with Crippen LogP contribution in [0, 0.1) is 5.92 Å². The number of anilines is 1. The molecular formula is C23H25N3O8. The van der Waals surface area contributed by atoms with Crippen LogP contribution in [0.3, 0.4) is 0 Å². The Morgan fingerprint density at radius 1 is 0.941 bits per heavy atom. The third kappa shape index (κ3) is 5.55. The van der Waals surface area contributed by atoms with Crippen molar-refractivity contribution >= 4 is 29.4 Å². The summed E-state index contributed by atoms with van der Waals surface area (Å²) < 4.78 is 20.6. The molecule has 11 heteroatoms. The van der Waals surface area contributed by atoms with E-state index in [1.165, 1.54) is 21.3 Å². The fourth-order valence-corrected chi connectivity index (χ4v) is 3.42. The molecule has 0 spiro atoms. The lowest BCUT2D eigenvalue weighted by atomic mass is 10.1. The number of nitrogens with zero attached hydrogens (tertiary/aromatic N) is 1. The van der Waals surface area contributed by atoms with Gasteiger partial charge in [0.25, 0.3) is 11.8 Å². The van der Waals surface area contributed by atoms with Gasteiger partial charge in [-0.25, -0.2) is 0 Å². The molecular weight excluding hydrogens is 446 g/mol. The maximum absolute atomic E-state index is 12.8. The maximum atomic E-state index is 12.8. The van der Waals surface area contributed by atoms with Crippen molar-refractivity contribution in [2.45, 2.75) is 6.42 Å². The Balaban J connectivity index is 1.55. The van der Waals surface area contributed by atoms with Gasteiger partial charge in [-0.2, -0.15) is 0 Å². The van der Waals surface area contributed by atoms with Crippen molar-refractivity contribution in [3.63, 3.8) is 0 Å². The predicted molar refractivity (Wildman–Crippen MR) is 119 cm³/mol. The summed E-state index contributed by atoms with van der Waals surface area (Å²) in [6.45, 7) is -0.638. The third-order valence-electron chi connectivity index (χ3n) is 5.08. The molecule has 3 amide bonds. The standard InChI is InChI=1S/C23H25N3O8/c1-31-16-8-5-4-7-15(16)24-19(27)13-34-23(30)14-11-20(28)26(12-14)25-22(29)21-17(32-2)9-6-10-18(21)33-3/h4-10,14H,11-13H2,1-3H3,(H,24,27)(H,25,29)/t14-/m1/s1. The van der Waals surface area contributed by atoms with Gasteiger partial charge in [0.15, 0.2) is 6.61 Å². The van der Waals surface area contributed by atoms with E-state index in [1.54, 1.807) is 42.5 Å². The lowest BCUT2D eigenvalue weighted by Gasteiger charge is -2.19. The summed E-state index contributed by atoms with van der Waals surface area (Å²) in [4.78, 5) is 49.7. The second kappa shape index (κ2) is 11.0. The SMILES string of the molecule is COc1ccccc1NC(=O)COC(=O)[C@@H]1CC(=O)N(NC(=O)c2c(OC)cccc2OC)C1. The number of nitrogens with one attached hydrogen (secondary N) is 2. The molecule has 2 N–H and O–H groups in total. The molecule has 180 valence electrons. The number of hydrogen-bond acceptors (Lipinski definition) is 8. The lowest BCUT2D eigenvalue weighted by Crippen LogP contribution is -2.43. The van der Waals surface area contributed by atoms with Gasteiger partial charge in [0.05, 0.1) is 39.5 Å². The van der Waals surface area contributed by atoms with Gasteiger partial charge in [-0.15, -0.1) is 0 Å². The smallest absolute Gasteiger partial charge is 0.311 e. The molecule has 1 fully saturated rings. The third-order valence-corrected chi connectivity index (χ3v) is 5.08.